The number of thiazole rings is 1. The van der Waals surface area contributed by atoms with Crippen LogP contribution in [0.3, 0.4) is 0 Å². The number of hydrazine groups is 1. The van der Waals surface area contributed by atoms with Crippen LogP contribution < -0.4 is 16.2 Å². The van der Waals surface area contributed by atoms with Gasteiger partial charge >= 0.3 is 0 Å². The smallest absolute Gasteiger partial charge is 0.289 e. The van der Waals surface area contributed by atoms with Crippen LogP contribution >= 0.6 is 23.6 Å². The average Bonchev–Trinajstić information content (AvgIpc) is 3.34. The molecule has 2 heterocycles. The second-order valence-electron chi connectivity index (χ2n) is 8.40. The highest BCUT2D eigenvalue weighted by Crippen LogP contribution is 2.32. The summed E-state index contributed by atoms with van der Waals surface area (Å²) in [6.45, 7) is 1.56. The fraction of sp³-hybridized carbons (Fsp3) is 0.478. The number of hydrogen-bond acceptors (Lipinski definition) is 5. The van der Waals surface area contributed by atoms with E-state index >= 15 is 0 Å². The van der Waals surface area contributed by atoms with Crippen molar-refractivity contribution in [1.82, 2.24) is 20.7 Å². The Morgan fingerprint density at radius 2 is 1.72 bits per heavy atom. The van der Waals surface area contributed by atoms with E-state index in [1.165, 1.54) is 30.6 Å². The molecule has 1 saturated carbocycles. The first-order valence-corrected chi connectivity index (χ1v) is 12.6. The minimum Gasteiger partial charge on any atom is -0.342 e. The first-order chi connectivity index (χ1) is 15.6. The van der Waals surface area contributed by atoms with Gasteiger partial charge in [0, 0.05) is 36.0 Å². The molecule has 2 fully saturated rings. The number of nitrogens with zero attached hydrogens (tertiary/aromatic N) is 2. The number of nitrogens with one attached hydrogen (secondary N) is 3. The molecular weight excluding hydrogens is 442 g/mol. The van der Waals surface area contributed by atoms with E-state index in [4.69, 9.17) is 12.2 Å². The van der Waals surface area contributed by atoms with E-state index in [1.807, 2.05) is 35.2 Å². The summed E-state index contributed by atoms with van der Waals surface area (Å²) in [7, 11) is 0. The van der Waals surface area contributed by atoms with Gasteiger partial charge in [-0.2, -0.15) is 0 Å². The number of carbonyl (C=O) groups is 2. The van der Waals surface area contributed by atoms with Gasteiger partial charge < -0.3 is 10.2 Å². The fourth-order valence-corrected chi connectivity index (χ4v) is 5.54. The van der Waals surface area contributed by atoms with Crippen LogP contribution in [-0.2, 0) is 4.79 Å². The molecule has 1 aliphatic carbocycles. The minimum atomic E-state index is -0.324. The van der Waals surface area contributed by atoms with Crippen molar-refractivity contribution in [3.05, 3.63) is 46.4 Å². The molecule has 3 N–H and O–H groups in total. The Morgan fingerprint density at radius 3 is 2.44 bits per heavy atom. The monoisotopic (exact) mass is 471 g/mol. The number of para-hydroxylation sites is 1. The van der Waals surface area contributed by atoms with Crippen LogP contribution in [0.5, 0.6) is 0 Å². The third kappa shape index (κ3) is 5.83. The number of anilines is 1. The molecular formula is C23H29N5O2S2. The number of rotatable bonds is 4. The van der Waals surface area contributed by atoms with Crippen molar-refractivity contribution in [2.75, 3.05) is 18.4 Å². The number of benzene rings is 1. The van der Waals surface area contributed by atoms with Crippen LogP contribution in [0.25, 0.3) is 0 Å². The molecule has 1 aromatic carbocycles. The molecule has 9 heteroatoms. The lowest BCUT2D eigenvalue weighted by atomic mass is 9.87. The molecule has 1 aliphatic heterocycles. The lowest BCUT2D eigenvalue weighted by molar-refractivity contribution is -0.137. The summed E-state index contributed by atoms with van der Waals surface area (Å²) in [6, 6.07) is 9.49. The number of hydrogen-bond donors (Lipinski definition) is 3. The highest BCUT2D eigenvalue weighted by molar-refractivity contribution is 7.80. The quantitative estimate of drug-likeness (QED) is 0.461. The summed E-state index contributed by atoms with van der Waals surface area (Å²) < 4.78 is 0. The van der Waals surface area contributed by atoms with Crippen molar-refractivity contribution in [2.45, 2.75) is 50.9 Å². The standard InChI is InChI=1S/C23H29N5O2S2/c29-20(26-27-23(31)24-18-9-5-2-6-10-18)19-15-32-21(25-19)16-11-13-28(14-12-16)22(30)17-7-3-1-4-8-17/h2,5-6,9-10,15-17H,1,3-4,7-8,11-14H2,(H,26,29)(H2,24,27,31). The fourth-order valence-electron chi connectivity index (χ4n) is 4.40. The molecule has 2 amide bonds. The minimum absolute atomic E-state index is 0.227. The van der Waals surface area contributed by atoms with Crippen LogP contribution in [0.4, 0.5) is 5.69 Å². The summed E-state index contributed by atoms with van der Waals surface area (Å²) in [4.78, 5) is 31.8. The zero-order valence-corrected chi connectivity index (χ0v) is 19.6. The van der Waals surface area contributed by atoms with Crippen LogP contribution in [0.15, 0.2) is 35.7 Å². The van der Waals surface area contributed by atoms with Crippen LogP contribution in [0, 0.1) is 5.92 Å². The SMILES string of the molecule is O=C(NNC(=S)Nc1ccccc1)c1csc(C2CCN(C(=O)C3CCCCC3)CC2)n1. The van der Waals surface area contributed by atoms with Crippen LogP contribution in [0.1, 0.15) is 66.4 Å². The van der Waals surface area contributed by atoms with Crippen molar-refractivity contribution in [3.63, 3.8) is 0 Å². The molecule has 4 rings (SSSR count). The third-order valence-electron chi connectivity index (χ3n) is 6.19. The molecule has 0 radical (unpaired) electrons. The van der Waals surface area contributed by atoms with Gasteiger partial charge in [0.25, 0.3) is 5.91 Å². The van der Waals surface area contributed by atoms with Gasteiger partial charge in [0.2, 0.25) is 5.91 Å². The van der Waals surface area contributed by atoms with Gasteiger partial charge in [0.15, 0.2) is 5.11 Å². The van der Waals surface area contributed by atoms with Crippen molar-refractivity contribution in [1.29, 1.82) is 0 Å². The molecule has 0 spiro atoms. The normalized spacial score (nSPS) is 17.6. The van der Waals surface area contributed by atoms with Gasteiger partial charge in [-0.15, -0.1) is 11.3 Å². The lowest BCUT2D eigenvalue weighted by Crippen LogP contribution is -2.44. The predicted octanol–water partition coefficient (Wildman–Crippen LogP) is 4.06. The van der Waals surface area contributed by atoms with Crippen LogP contribution in [-0.4, -0.2) is 39.9 Å². The molecule has 2 aromatic rings. The molecule has 32 heavy (non-hydrogen) atoms. The van der Waals surface area contributed by atoms with Crippen molar-refractivity contribution in [3.8, 4) is 0 Å². The van der Waals surface area contributed by atoms with Gasteiger partial charge in [-0.3, -0.25) is 20.4 Å². The van der Waals surface area contributed by atoms with E-state index < -0.39 is 0 Å². The van der Waals surface area contributed by atoms with Crippen molar-refractivity contribution in [2.24, 2.45) is 5.92 Å². The number of likely N-dealkylation sites (tertiary alicyclic amines) is 1. The highest BCUT2D eigenvalue weighted by atomic mass is 32.1. The zero-order valence-electron chi connectivity index (χ0n) is 18.0. The molecule has 0 bridgehead atoms. The van der Waals surface area contributed by atoms with Gasteiger partial charge in [0.05, 0.1) is 5.01 Å². The Bertz CT molecular complexity index is 935. The molecule has 7 nitrogen and oxygen atoms in total. The molecule has 1 aromatic heterocycles. The molecule has 0 unspecified atom stereocenters. The Hall–Kier alpha value is -2.52. The Kier molecular flexibility index (Phi) is 7.70. The summed E-state index contributed by atoms with van der Waals surface area (Å²) >= 11 is 6.71. The first kappa shape index (κ1) is 22.7. The number of amides is 2. The topological polar surface area (TPSA) is 86.4 Å². The zero-order chi connectivity index (χ0) is 22.3. The summed E-state index contributed by atoms with van der Waals surface area (Å²) in [6.07, 6.45) is 7.50. The second kappa shape index (κ2) is 10.9. The molecule has 2 aliphatic rings. The number of aromatic nitrogens is 1. The number of piperidine rings is 1. The van der Waals surface area contributed by atoms with E-state index in [2.05, 4.69) is 21.2 Å². The predicted molar refractivity (Wildman–Crippen MR) is 131 cm³/mol. The third-order valence-corrected chi connectivity index (χ3v) is 7.40. The number of carbonyl (C=O) groups excluding carboxylic acids is 2. The van der Waals surface area contributed by atoms with Crippen LogP contribution in [0.2, 0.25) is 0 Å². The van der Waals surface area contributed by atoms with E-state index in [-0.39, 0.29) is 11.8 Å². The van der Waals surface area contributed by atoms with Gasteiger partial charge in [0.1, 0.15) is 5.69 Å². The van der Waals surface area contributed by atoms with Crippen molar-refractivity contribution >= 4 is 46.2 Å². The molecule has 1 saturated heterocycles. The maximum absolute atomic E-state index is 12.8. The van der Waals surface area contributed by atoms with E-state index in [1.54, 1.807) is 5.38 Å². The Balaban J connectivity index is 1.23. The lowest BCUT2D eigenvalue weighted by Gasteiger charge is -2.34. The van der Waals surface area contributed by atoms with Gasteiger partial charge in [-0.1, -0.05) is 37.5 Å². The average molecular weight is 472 g/mol. The second-order valence-corrected chi connectivity index (χ2v) is 9.70. The summed E-state index contributed by atoms with van der Waals surface area (Å²) in [5.41, 5.74) is 6.51. The highest BCUT2D eigenvalue weighted by Gasteiger charge is 2.30. The molecule has 170 valence electrons. The molecule has 0 atom stereocenters. The van der Waals surface area contributed by atoms with Gasteiger partial charge in [-0.25, -0.2) is 4.98 Å². The summed E-state index contributed by atoms with van der Waals surface area (Å²) in [5.74, 6) is 0.541. The first-order valence-electron chi connectivity index (χ1n) is 11.3. The Morgan fingerprint density at radius 1 is 1.00 bits per heavy atom. The van der Waals surface area contributed by atoms with Crippen molar-refractivity contribution < 1.29 is 9.59 Å². The van der Waals surface area contributed by atoms with E-state index in [0.29, 0.717) is 22.6 Å². The van der Waals surface area contributed by atoms with E-state index in [0.717, 1.165) is 49.5 Å². The largest absolute Gasteiger partial charge is 0.342 e. The van der Waals surface area contributed by atoms with Gasteiger partial charge in [-0.05, 0) is 50.0 Å². The maximum atomic E-state index is 12.8. The Labute approximate surface area is 198 Å². The maximum Gasteiger partial charge on any atom is 0.289 e. The van der Waals surface area contributed by atoms with E-state index in [9.17, 15) is 9.59 Å². The number of thiocarbonyl (C=S) groups is 1. The summed E-state index contributed by atoms with van der Waals surface area (Å²) in [5, 5.41) is 6.04.